The molecule has 0 amide bonds. The highest BCUT2D eigenvalue weighted by molar-refractivity contribution is 5.55. The molecule has 0 radical (unpaired) electrons. The van der Waals surface area contributed by atoms with Gasteiger partial charge in [-0.05, 0) is 37.2 Å². The monoisotopic (exact) mass is 223 g/mol. The van der Waals surface area contributed by atoms with Crippen LogP contribution in [-0.4, -0.2) is 27.0 Å². The first kappa shape index (κ1) is 11.1. The topological polar surface area (TPSA) is 39.7 Å². The van der Waals surface area contributed by atoms with Crippen molar-refractivity contribution in [3.8, 4) is 17.2 Å². The van der Waals surface area contributed by atoms with Crippen molar-refractivity contribution in [2.45, 2.75) is 13.3 Å². The molecule has 0 atom stereocenters. The fourth-order valence-electron chi connectivity index (χ4n) is 1.74. The molecule has 88 valence electrons. The van der Waals surface area contributed by atoms with Crippen molar-refractivity contribution < 1.29 is 14.2 Å². The molecule has 1 heterocycles. The maximum atomic E-state index is 5.37. The zero-order chi connectivity index (χ0) is 11.4. The Balaban J connectivity index is 2.14. The van der Waals surface area contributed by atoms with E-state index in [9.17, 15) is 0 Å². The highest BCUT2D eigenvalue weighted by Crippen LogP contribution is 2.41. The van der Waals surface area contributed by atoms with E-state index in [0.717, 1.165) is 36.8 Å². The summed E-state index contributed by atoms with van der Waals surface area (Å²) in [5, 5.41) is 3.29. The van der Waals surface area contributed by atoms with E-state index in [1.807, 2.05) is 12.1 Å². The summed E-state index contributed by atoms with van der Waals surface area (Å²) in [5.74, 6) is 2.25. The van der Waals surface area contributed by atoms with Gasteiger partial charge in [-0.1, -0.05) is 6.92 Å². The number of nitrogens with one attached hydrogen (secondary N) is 1. The maximum absolute atomic E-state index is 5.37. The first-order valence-corrected chi connectivity index (χ1v) is 5.52. The van der Waals surface area contributed by atoms with E-state index in [1.165, 1.54) is 5.56 Å². The molecule has 4 heteroatoms. The summed E-state index contributed by atoms with van der Waals surface area (Å²) in [6, 6.07) is 4.02. The lowest BCUT2D eigenvalue weighted by molar-refractivity contribution is 0.171. The van der Waals surface area contributed by atoms with Gasteiger partial charge in [0.25, 0.3) is 0 Å². The summed E-state index contributed by atoms with van der Waals surface area (Å²) < 4.78 is 16.0. The molecular formula is C12H17NO3. The second-order valence-corrected chi connectivity index (χ2v) is 3.64. The predicted molar refractivity (Wildman–Crippen MR) is 61.4 cm³/mol. The van der Waals surface area contributed by atoms with Gasteiger partial charge in [-0.3, -0.25) is 0 Å². The standard InChI is InChI=1S/C12H17NO3/c1-3-13-5-4-9-6-10(14-2)12-11(7-9)15-8-16-12/h6-7,13H,3-5,8H2,1-2H3. The molecule has 1 aromatic rings. The quantitative estimate of drug-likeness (QED) is 0.769. The number of likely N-dealkylation sites (N-methyl/N-ethyl adjacent to an activating group) is 1. The van der Waals surface area contributed by atoms with Crippen molar-refractivity contribution in [1.82, 2.24) is 5.32 Å². The van der Waals surface area contributed by atoms with Crippen LogP contribution >= 0.6 is 0 Å². The van der Waals surface area contributed by atoms with Crippen molar-refractivity contribution in [2.24, 2.45) is 0 Å². The third-order valence-corrected chi connectivity index (χ3v) is 2.56. The highest BCUT2D eigenvalue weighted by Gasteiger charge is 2.19. The van der Waals surface area contributed by atoms with Gasteiger partial charge in [0, 0.05) is 0 Å². The van der Waals surface area contributed by atoms with Crippen LogP contribution in [0.2, 0.25) is 0 Å². The summed E-state index contributed by atoms with van der Waals surface area (Å²) in [7, 11) is 1.64. The van der Waals surface area contributed by atoms with Gasteiger partial charge in [0.05, 0.1) is 7.11 Å². The maximum Gasteiger partial charge on any atom is 0.231 e. The van der Waals surface area contributed by atoms with Crippen LogP contribution in [0.5, 0.6) is 17.2 Å². The number of ether oxygens (including phenoxy) is 3. The molecule has 0 spiro atoms. The van der Waals surface area contributed by atoms with Gasteiger partial charge in [-0.25, -0.2) is 0 Å². The fraction of sp³-hybridized carbons (Fsp3) is 0.500. The molecule has 16 heavy (non-hydrogen) atoms. The fourth-order valence-corrected chi connectivity index (χ4v) is 1.74. The van der Waals surface area contributed by atoms with Crippen molar-refractivity contribution in [1.29, 1.82) is 0 Å². The SMILES string of the molecule is CCNCCc1cc(OC)c2c(c1)OCO2. The molecule has 1 aliphatic heterocycles. The second-order valence-electron chi connectivity index (χ2n) is 3.64. The average Bonchev–Trinajstić information content (AvgIpc) is 2.76. The first-order valence-electron chi connectivity index (χ1n) is 5.52. The van der Waals surface area contributed by atoms with Crippen molar-refractivity contribution >= 4 is 0 Å². The van der Waals surface area contributed by atoms with Crippen molar-refractivity contribution in [3.63, 3.8) is 0 Å². The Morgan fingerprint density at radius 1 is 1.38 bits per heavy atom. The normalized spacial score (nSPS) is 12.9. The van der Waals surface area contributed by atoms with Gasteiger partial charge in [0.15, 0.2) is 11.5 Å². The molecule has 0 saturated carbocycles. The van der Waals surface area contributed by atoms with E-state index in [0.29, 0.717) is 0 Å². The predicted octanol–water partition coefficient (Wildman–Crippen LogP) is 1.58. The van der Waals surface area contributed by atoms with Crippen LogP contribution < -0.4 is 19.5 Å². The summed E-state index contributed by atoms with van der Waals surface area (Å²) in [6.07, 6.45) is 0.959. The van der Waals surface area contributed by atoms with Crippen molar-refractivity contribution in [3.05, 3.63) is 17.7 Å². The Hall–Kier alpha value is -1.42. The zero-order valence-corrected chi connectivity index (χ0v) is 9.71. The Morgan fingerprint density at radius 2 is 2.25 bits per heavy atom. The highest BCUT2D eigenvalue weighted by atomic mass is 16.7. The van der Waals surface area contributed by atoms with Crippen LogP contribution in [0.4, 0.5) is 0 Å². The molecule has 1 N–H and O–H groups in total. The van der Waals surface area contributed by atoms with Crippen LogP contribution in [0, 0.1) is 0 Å². The first-order chi connectivity index (χ1) is 7.85. The second kappa shape index (κ2) is 5.07. The molecule has 1 aromatic carbocycles. The molecule has 0 bridgehead atoms. The van der Waals surface area contributed by atoms with E-state index in [4.69, 9.17) is 14.2 Å². The summed E-state index contributed by atoms with van der Waals surface area (Å²) in [4.78, 5) is 0. The van der Waals surface area contributed by atoms with Crippen LogP contribution in [0.3, 0.4) is 0 Å². The van der Waals surface area contributed by atoms with E-state index >= 15 is 0 Å². The summed E-state index contributed by atoms with van der Waals surface area (Å²) in [5.41, 5.74) is 1.20. The van der Waals surface area contributed by atoms with Crippen LogP contribution in [-0.2, 0) is 6.42 Å². The van der Waals surface area contributed by atoms with Crippen LogP contribution in [0.15, 0.2) is 12.1 Å². The molecule has 4 nitrogen and oxygen atoms in total. The van der Waals surface area contributed by atoms with Crippen molar-refractivity contribution in [2.75, 3.05) is 27.0 Å². The lowest BCUT2D eigenvalue weighted by atomic mass is 10.1. The van der Waals surface area contributed by atoms with Gasteiger partial charge in [-0.15, -0.1) is 0 Å². The Labute approximate surface area is 95.5 Å². The minimum Gasteiger partial charge on any atom is -0.493 e. The van der Waals surface area contributed by atoms with Gasteiger partial charge >= 0.3 is 0 Å². The molecule has 0 fully saturated rings. The van der Waals surface area contributed by atoms with E-state index < -0.39 is 0 Å². The van der Waals surface area contributed by atoms with E-state index in [2.05, 4.69) is 12.2 Å². The largest absolute Gasteiger partial charge is 0.493 e. The van der Waals surface area contributed by atoms with Gasteiger partial charge in [0.2, 0.25) is 12.5 Å². The number of rotatable bonds is 5. The lowest BCUT2D eigenvalue weighted by Gasteiger charge is -2.08. The lowest BCUT2D eigenvalue weighted by Crippen LogP contribution is -2.16. The molecule has 0 unspecified atom stereocenters. The molecular weight excluding hydrogens is 206 g/mol. The number of benzene rings is 1. The summed E-state index contributed by atoms with van der Waals surface area (Å²) >= 11 is 0. The molecule has 0 saturated heterocycles. The van der Waals surface area contributed by atoms with E-state index in [1.54, 1.807) is 7.11 Å². The number of methoxy groups -OCH3 is 1. The minimum atomic E-state index is 0.280. The average molecular weight is 223 g/mol. The van der Waals surface area contributed by atoms with Gasteiger partial charge < -0.3 is 19.5 Å². The van der Waals surface area contributed by atoms with E-state index in [-0.39, 0.29) is 6.79 Å². The third kappa shape index (κ3) is 2.22. The smallest absolute Gasteiger partial charge is 0.231 e. The summed E-state index contributed by atoms with van der Waals surface area (Å²) in [6.45, 7) is 4.32. The molecule has 0 aliphatic carbocycles. The Bertz CT molecular complexity index is 366. The molecule has 1 aliphatic rings. The Kier molecular flexibility index (Phi) is 3.51. The van der Waals surface area contributed by atoms with Gasteiger partial charge in [0.1, 0.15) is 0 Å². The third-order valence-electron chi connectivity index (χ3n) is 2.56. The van der Waals surface area contributed by atoms with Gasteiger partial charge in [-0.2, -0.15) is 0 Å². The Morgan fingerprint density at radius 3 is 3.00 bits per heavy atom. The number of hydrogen-bond acceptors (Lipinski definition) is 4. The van der Waals surface area contributed by atoms with Crippen LogP contribution in [0.25, 0.3) is 0 Å². The number of hydrogen-bond donors (Lipinski definition) is 1. The minimum absolute atomic E-state index is 0.280. The number of fused-ring (bicyclic) bond motifs is 1. The zero-order valence-electron chi connectivity index (χ0n) is 9.71. The molecule has 2 rings (SSSR count). The van der Waals surface area contributed by atoms with Crippen LogP contribution in [0.1, 0.15) is 12.5 Å². The molecule has 0 aromatic heterocycles.